The van der Waals surface area contributed by atoms with E-state index in [4.69, 9.17) is 4.74 Å². The molecular formula is C16H24F7NO4. The van der Waals surface area contributed by atoms with Crippen LogP contribution < -0.4 is 5.32 Å². The van der Waals surface area contributed by atoms with E-state index >= 15 is 0 Å². The van der Waals surface area contributed by atoms with Crippen molar-refractivity contribution in [2.75, 3.05) is 6.61 Å². The van der Waals surface area contributed by atoms with Crippen molar-refractivity contribution in [3.63, 3.8) is 0 Å². The Kier molecular flexibility index (Phi) is 8.59. The number of unbranched alkanes of at least 4 members (excludes halogenated alkanes) is 1. The molecule has 0 spiro atoms. The fraction of sp³-hybridized carbons (Fsp3) is 0.875. The molecule has 0 saturated heterocycles. The maximum absolute atomic E-state index is 14.0. The Morgan fingerprint density at radius 2 is 1.50 bits per heavy atom. The van der Waals surface area contributed by atoms with Crippen LogP contribution in [-0.4, -0.2) is 48.3 Å². The van der Waals surface area contributed by atoms with Crippen molar-refractivity contribution in [1.82, 2.24) is 5.32 Å². The zero-order valence-electron chi connectivity index (χ0n) is 16.1. The predicted molar refractivity (Wildman–Crippen MR) is 84.1 cm³/mol. The number of alkyl carbamates (subject to hydrolysis) is 1. The summed E-state index contributed by atoms with van der Waals surface area (Å²) in [5, 5.41) is 1.61. The first-order valence-electron chi connectivity index (χ1n) is 8.37. The summed E-state index contributed by atoms with van der Waals surface area (Å²) < 4.78 is 101. The van der Waals surface area contributed by atoms with Crippen LogP contribution in [0, 0.1) is 5.92 Å². The second kappa shape index (κ2) is 9.17. The fourth-order valence-corrected chi connectivity index (χ4v) is 1.91. The molecule has 0 rings (SSSR count). The summed E-state index contributed by atoms with van der Waals surface area (Å²) in [4.78, 5) is 23.8. The lowest BCUT2D eigenvalue weighted by atomic mass is 9.90. The van der Waals surface area contributed by atoms with Crippen LogP contribution in [0.1, 0.15) is 47.5 Å². The van der Waals surface area contributed by atoms with Gasteiger partial charge in [0.2, 0.25) is 0 Å². The first-order valence-corrected chi connectivity index (χ1v) is 8.37. The van der Waals surface area contributed by atoms with Gasteiger partial charge in [-0.3, -0.25) is 0 Å². The number of rotatable bonds is 8. The molecule has 0 aliphatic carbocycles. The third-order valence-electron chi connectivity index (χ3n) is 3.51. The molecule has 0 fully saturated rings. The Labute approximate surface area is 157 Å². The minimum Gasteiger partial charge on any atom is -0.464 e. The van der Waals surface area contributed by atoms with Crippen LogP contribution in [0.25, 0.3) is 0 Å². The predicted octanol–water partition coefficient (Wildman–Crippen LogP) is 4.69. The number of ether oxygens (including phenoxy) is 2. The largest absolute Gasteiger partial charge is 0.464 e. The van der Waals surface area contributed by atoms with Gasteiger partial charge in [-0.1, -0.05) is 20.3 Å². The zero-order valence-corrected chi connectivity index (χ0v) is 16.1. The van der Waals surface area contributed by atoms with Crippen LogP contribution >= 0.6 is 0 Å². The highest BCUT2D eigenvalue weighted by molar-refractivity contribution is 5.82. The third-order valence-corrected chi connectivity index (χ3v) is 3.51. The van der Waals surface area contributed by atoms with Crippen LogP contribution in [0.3, 0.4) is 0 Å². The lowest BCUT2D eigenvalue weighted by molar-refractivity contribution is -0.365. The average molecular weight is 427 g/mol. The lowest BCUT2D eigenvalue weighted by Crippen LogP contribution is -2.61. The van der Waals surface area contributed by atoms with E-state index in [9.17, 15) is 40.3 Å². The normalized spacial score (nSPS) is 15.6. The summed E-state index contributed by atoms with van der Waals surface area (Å²) >= 11 is 0. The zero-order chi connectivity index (χ0) is 22.6. The number of esters is 1. The number of hydrogen-bond acceptors (Lipinski definition) is 4. The topological polar surface area (TPSA) is 64.6 Å². The molecule has 0 aromatic carbocycles. The second-order valence-corrected chi connectivity index (χ2v) is 7.13. The number of nitrogens with one attached hydrogen (secondary N) is 1. The molecule has 0 saturated carbocycles. The van der Waals surface area contributed by atoms with Crippen molar-refractivity contribution in [2.45, 2.75) is 77.1 Å². The number of halogens is 7. The quantitative estimate of drug-likeness (QED) is 0.347. The van der Waals surface area contributed by atoms with E-state index in [1.807, 2.05) is 0 Å². The van der Waals surface area contributed by atoms with Crippen LogP contribution in [0.15, 0.2) is 0 Å². The van der Waals surface area contributed by atoms with E-state index in [1.165, 1.54) is 20.8 Å². The molecule has 5 nitrogen and oxygen atoms in total. The molecule has 166 valence electrons. The molecular weight excluding hydrogens is 403 g/mol. The highest BCUT2D eigenvalue weighted by atomic mass is 19.4. The molecule has 0 bridgehead atoms. The van der Waals surface area contributed by atoms with Gasteiger partial charge in [-0.15, -0.1) is 0 Å². The number of hydrogen-bond donors (Lipinski definition) is 1. The molecule has 0 aromatic rings. The first kappa shape index (κ1) is 26.2. The fourth-order valence-electron chi connectivity index (χ4n) is 1.91. The molecule has 0 radical (unpaired) electrons. The standard InChI is InChI=1S/C16H24F7NO4/c1-6-7-8-27-11(25)10(24-12(26)28-13(3,4)5)9(2)14(17,18)15(19,20)16(21,22)23/h9-10H,6-8H2,1-5H3,(H,24,26). The highest BCUT2D eigenvalue weighted by Crippen LogP contribution is 2.50. The number of carbonyl (C=O) groups is 2. The van der Waals surface area contributed by atoms with Crippen molar-refractivity contribution in [3.8, 4) is 0 Å². The van der Waals surface area contributed by atoms with Crippen molar-refractivity contribution in [1.29, 1.82) is 0 Å². The van der Waals surface area contributed by atoms with E-state index in [0.29, 0.717) is 6.42 Å². The van der Waals surface area contributed by atoms with Gasteiger partial charge in [0.05, 0.1) is 12.5 Å². The second-order valence-electron chi connectivity index (χ2n) is 7.13. The number of amides is 1. The summed E-state index contributed by atoms with van der Waals surface area (Å²) in [5.74, 6) is -16.7. The molecule has 2 unspecified atom stereocenters. The lowest BCUT2D eigenvalue weighted by Gasteiger charge is -2.35. The van der Waals surface area contributed by atoms with Gasteiger partial charge in [-0.2, -0.15) is 30.7 Å². The SMILES string of the molecule is CCCCOC(=O)C(NC(=O)OC(C)(C)C)C(C)C(F)(F)C(F)(F)C(F)(F)F. The minimum absolute atomic E-state index is 0.281. The van der Waals surface area contributed by atoms with Crippen LogP contribution in [-0.2, 0) is 14.3 Å². The van der Waals surface area contributed by atoms with Gasteiger partial charge in [0, 0.05) is 0 Å². The van der Waals surface area contributed by atoms with E-state index in [-0.39, 0.29) is 20.0 Å². The third kappa shape index (κ3) is 6.69. The van der Waals surface area contributed by atoms with E-state index in [2.05, 4.69) is 4.74 Å². The van der Waals surface area contributed by atoms with Crippen LogP contribution in [0.2, 0.25) is 0 Å². The molecule has 0 aromatic heterocycles. The van der Waals surface area contributed by atoms with E-state index in [0.717, 1.165) is 0 Å². The van der Waals surface area contributed by atoms with Gasteiger partial charge in [0.25, 0.3) is 0 Å². The average Bonchev–Trinajstić information content (AvgIpc) is 2.48. The summed E-state index contributed by atoms with van der Waals surface area (Å²) in [6.45, 7) is 5.84. The van der Waals surface area contributed by atoms with Crippen LogP contribution in [0.4, 0.5) is 35.5 Å². The Bertz CT molecular complexity index is 544. The summed E-state index contributed by atoms with van der Waals surface area (Å²) in [5.41, 5.74) is -1.15. The highest BCUT2D eigenvalue weighted by Gasteiger charge is 2.75. The van der Waals surface area contributed by atoms with Crippen molar-refractivity contribution >= 4 is 12.1 Å². The number of carbonyl (C=O) groups excluding carboxylic acids is 2. The van der Waals surface area contributed by atoms with Gasteiger partial charge in [0.15, 0.2) is 0 Å². The summed E-state index contributed by atoms with van der Waals surface area (Å²) in [6, 6.07) is -2.50. The van der Waals surface area contributed by atoms with E-state index in [1.54, 1.807) is 12.2 Å². The molecule has 0 heterocycles. The molecule has 28 heavy (non-hydrogen) atoms. The first-order chi connectivity index (χ1) is 12.4. The summed E-state index contributed by atoms with van der Waals surface area (Å²) in [7, 11) is 0. The molecule has 12 heteroatoms. The van der Waals surface area contributed by atoms with Crippen molar-refractivity contribution in [2.24, 2.45) is 5.92 Å². The van der Waals surface area contributed by atoms with E-state index < -0.39 is 47.6 Å². The maximum atomic E-state index is 14.0. The molecule has 2 atom stereocenters. The van der Waals surface area contributed by atoms with Gasteiger partial charge in [-0.25, -0.2) is 9.59 Å². The smallest absolute Gasteiger partial charge is 0.459 e. The van der Waals surface area contributed by atoms with Crippen molar-refractivity contribution in [3.05, 3.63) is 0 Å². The molecule has 1 amide bonds. The van der Waals surface area contributed by atoms with Gasteiger partial charge in [-0.05, 0) is 27.2 Å². The number of alkyl halides is 7. The minimum atomic E-state index is -6.58. The Morgan fingerprint density at radius 1 is 1.00 bits per heavy atom. The van der Waals surface area contributed by atoms with Crippen molar-refractivity contribution < 1.29 is 49.8 Å². The van der Waals surface area contributed by atoms with Crippen LogP contribution in [0.5, 0.6) is 0 Å². The van der Waals surface area contributed by atoms with Gasteiger partial charge in [0.1, 0.15) is 11.6 Å². The Hall–Kier alpha value is -1.75. The Morgan fingerprint density at radius 3 is 1.89 bits per heavy atom. The van der Waals surface area contributed by atoms with Gasteiger partial charge < -0.3 is 14.8 Å². The molecule has 0 aliphatic rings. The monoisotopic (exact) mass is 427 g/mol. The molecule has 0 aliphatic heterocycles. The molecule has 1 N–H and O–H groups in total. The Balaban J connectivity index is 5.75. The maximum Gasteiger partial charge on any atom is 0.459 e. The summed E-state index contributed by atoms with van der Waals surface area (Å²) in [6.07, 6.45) is -7.22. The van der Waals surface area contributed by atoms with Gasteiger partial charge >= 0.3 is 30.1 Å².